The second kappa shape index (κ2) is 5.36. The van der Waals surface area contributed by atoms with Gasteiger partial charge in [0.1, 0.15) is 22.3 Å². The van der Waals surface area contributed by atoms with E-state index in [-0.39, 0.29) is 5.82 Å². The van der Waals surface area contributed by atoms with Gasteiger partial charge in [0.15, 0.2) is 0 Å². The Hall–Kier alpha value is -1.94. The van der Waals surface area contributed by atoms with E-state index in [1.807, 2.05) is 26.0 Å². The first kappa shape index (κ1) is 13.5. The predicted molar refractivity (Wildman–Crippen MR) is 78.3 cm³/mol. The van der Waals surface area contributed by atoms with Crippen LogP contribution < -0.4 is 10.5 Å². The number of rotatable bonds is 3. The summed E-state index contributed by atoms with van der Waals surface area (Å²) in [5.41, 5.74) is 8.22. The average Bonchev–Trinajstić information content (AvgIpc) is 2.33. The molecule has 0 atom stereocenters. The molecule has 0 spiro atoms. The summed E-state index contributed by atoms with van der Waals surface area (Å²) in [6, 6.07) is 9.86. The van der Waals surface area contributed by atoms with Gasteiger partial charge in [-0.1, -0.05) is 18.3 Å². The molecule has 0 aliphatic heterocycles. The first-order chi connectivity index (χ1) is 8.97. The number of hydrogen-bond acceptors (Lipinski definition) is 2. The summed E-state index contributed by atoms with van der Waals surface area (Å²) in [5, 5.41) is 0. The maximum Gasteiger partial charge on any atom is 0.133 e. The highest BCUT2D eigenvalue weighted by atomic mass is 32.1. The lowest BCUT2D eigenvalue weighted by Crippen LogP contribution is -2.10. The Balaban J connectivity index is 2.31. The zero-order valence-corrected chi connectivity index (χ0v) is 11.6. The van der Waals surface area contributed by atoms with Crippen molar-refractivity contribution in [3.05, 3.63) is 58.9 Å². The molecule has 0 aromatic heterocycles. The van der Waals surface area contributed by atoms with Crippen LogP contribution in [0.2, 0.25) is 0 Å². The van der Waals surface area contributed by atoms with Gasteiger partial charge in [0.05, 0.1) is 0 Å². The van der Waals surface area contributed by atoms with Crippen LogP contribution in [-0.2, 0) is 0 Å². The minimum Gasteiger partial charge on any atom is -0.457 e. The zero-order chi connectivity index (χ0) is 14.0. The molecule has 2 nitrogen and oxygen atoms in total. The van der Waals surface area contributed by atoms with Gasteiger partial charge < -0.3 is 10.5 Å². The fourth-order valence-electron chi connectivity index (χ4n) is 1.79. The summed E-state index contributed by atoms with van der Waals surface area (Å²) >= 11 is 4.95. The Labute approximate surface area is 117 Å². The topological polar surface area (TPSA) is 35.2 Å². The second-order valence-corrected chi connectivity index (χ2v) is 4.79. The summed E-state index contributed by atoms with van der Waals surface area (Å²) < 4.78 is 18.9. The normalized spacial score (nSPS) is 10.3. The summed E-state index contributed by atoms with van der Waals surface area (Å²) in [4.78, 5) is 0.353. The lowest BCUT2D eigenvalue weighted by atomic mass is 10.1. The molecule has 2 rings (SSSR count). The van der Waals surface area contributed by atoms with Crippen LogP contribution in [0.3, 0.4) is 0 Å². The Morgan fingerprint density at radius 1 is 1.11 bits per heavy atom. The van der Waals surface area contributed by atoms with Gasteiger partial charge in [0, 0.05) is 11.6 Å². The molecule has 2 N–H and O–H groups in total. The third-order valence-corrected chi connectivity index (χ3v) is 3.06. The number of hydrogen-bond donors (Lipinski definition) is 1. The lowest BCUT2D eigenvalue weighted by Gasteiger charge is -2.11. The van der Waals surface area contributed by atoms with Gasteiger partial charge >= 0.3 is 0 Å². The van der Waals surface area contributed by atoms with E-state index in [4.69, 9.17) is 22.7 Å². The van der Waals surface area contributed by atoms with Crippen molar-refractivity contribution < 1.29 is 9.13 Å². The summed E-state index contributed by atoms with van der Waals surface area (Å²) in [7, 11) is 0. The van der Waals surface area contributed by atoms with Crippen LogP contribution in [0.15, 0.2) is 36.4 Å². The molecular formula is C15H14FNOS. The van der Waals surface area contributed by atoms with Gasteiger partial charge in [-0.25, -0.2) is 4.39 Å². The van der Waals surface area contributed by atoms with Crippen molar-refractivity contribution >= 4 is 17.2 Å². The predicted octanol–water partition coefficient (Wildman–Crippen LogP) is 3.87. The summed E-state index contributed by atoms with van der Waals surface area (Å²) in [6.07, 6.45) is 0. The van der Waals surface area contributed by atoms with Crippen LogP contribution in [0.1, 0.15) is 16.7 Å². The van der Waals surface area contributed by atoms with E-state index < -0.39 is 0 Å². The van der Waals surface area contributed by atoms with Crippen LogP contribution in [0, 0.1) is 19.7 Å². The van der Waals surface area contributed by atoms with Crippen LogP contribution >= 0.6 is 12.2 Å². The molecule has 0 radical (unpaired) electrons. The van der Waals surface area contributed by atoms with E-state index in [1.54, 1.807) is 12.1 Å². The molecule has 0 aliphatic carbocycles. The Morgan fingerprint density at radius 3 is 2.47 bits per heavy atom. The Kier molecular flexibility index (Phi) is 3.81. The molecule has 0 amide bonds. The van der Waals surface area contributed by atoms with Crippen LogP contribution in [0.25, 0.3) is 0 Å². The molecular weight excluding hydrogens is 261 g/mol. The van der Waals surface area contributed by atoms with E-state index >= 15 is 0 Å². The number of thiocarbonyl (C=S) groups is 1. The first-order valence-electron chi connectivity index (χ1n) is 5.82. The molecule has 0 unspecified atom stereocenters. The van der Waals surface area contributed by atoms with E-state index in [9.17, 15) is 4.39 Å². The van der Waals surface area contributed by atoms with Gasteiger partial charge in [-0.2, -0.15) is 0 Å². The Bertz CT molecular complexity index is 640. The SMILES string of the molecule is Cc1ccc(F)cc1Oc1ccc(C(N)=S)c(C)c1. The summed E-state index contributed by atoms with van der Waals surface area (Å²) in [6.45, 7) is 3.77. The highest BCUT2D eigenvalue weighted by Crippen LogP contribution is 2.27. The molecule has 0 bridgehead atoms. The van der Waals surface area contributed by atoms with Gasteiger partial charge in [0.25, 0.3) is 0 Å². The fraction of sp³-hybridized carbons (Fsp3) is 0.133. The minimum absolute atomic E-state index is 0.322. The van der Waals surface area contributed by atoms with Crippen molar-refractivity contribution in [3.8, 4) is 11.5 Å². The zero-order valence-electron chi connectivity index (χ0n) is 10.7. The first-order valence-corrected chi connectivity index (χ1v) is 6.22. The standard InChI is InChI=1S/C15H14FNOS/c1-9-3-4-11(16)8-14(9)18-12-5-6-13(15(17)19)10(2)7-12/h3-8H,1-2H3,(H2,17,19). The van der Waals surface area contributed by atoms with Crippen molar-refractivity contribution in [1.29, 1.82) is 0 Å². The molecule has 0 saturated carbocycles. The highest BCUT2D eigenvalue weighted by molar-refractivity contribution is 7.80. The fourth-order valence-corrected chi connectivity index (χ4v) is 2.02. The molecule has 19 heavy (non-hydrogen) atoms. The van der Waals surface area contributed by atoms with E-state index in [0.717, 1.165) is 16.7 Å². The van der Waals surface area contributed by atoms with Crippen LogP contribution in [0.5, 0.6) is 11.5 Å². The summed E-state index contributed by atoms with van der Waals surface area (Å²) in [5.74, 6) is 0.811. The molecule has 4 heteroatoms. The molecule has 0 saturated heterocycles. The third-order valence-electron chi connectivity index (χ3n) is 2.84. The van der Waals surface area contributed by atoms with Gasteiger partial charge in [0.2, 0.25) is 0 Å². The molecule has 98 valence electrons. The minimum atomic E-state index is -0.322. The average molecular weight is 275 g/mol. The monoisotopic (exact) mass is 275 g/mol. The van der Waals surface area contributed by atoms with E-state index in [1.165, 1.54) is 12.1 Å². The molecule has 0 heterocycles. The second-order valence-electron chi connectivity index (χ2n) is 4.35. The van der Waals surface area contributed by atoms with Crippen molar-refractivity contribution in [2.45, 2.75) is 13.8 Å². The number of aryl methyl sites for hydroxylation is 2. The highest BCUT2D eigenvalue weighted by Gasteiger charge is 2.06. The number of ether oxygens (including phenoxy) is 1. The maximum atomic E-state index is 13.2. The molecule has 2 aromatic carbocycles. The van der Waals surface area contributed by atoms with Crippen LogP contribution in [-0.4, -0.2) is 4.99 Å². The van der Waals surface area contributed by atoms with Crippen molar-refractivity contribution in [3.63, 3.8) is 0 Å². The number of nitrogens with two attached hydrogens (primary N) is 1. The van der Waals surface area contributed by atoms with Crippen molar-refractivity contribution in [2.24, 2.45) is 5.73 Å². The van der Waals surface area contributed by atoms with Crippen LogP contribution in [0.4, 0.5) is 4.39 Å². The largest absolute Gasteiger partial charge is 0.457 e. The van der Waals surface area contributed by atoms with E-state index in [0.29, 0.717) is 16.5 Å². The Morgan fingerprint density at radius 2 is 1.84 bits per heavy atom. The molecule has 2 aromatic rings. The van der Waals surface area contributed by atoms with Crippen molar-refractivity contribution in [2.75, 3.05) is 0 Å². The molecule has 0 fully saturated rings. The quantitative estimate of drug-likeness (QED) is 0.864. The number of halogens is 1. The van der Waals surface area contributed by atoms with Gasteiger partial charge in [-0.15, -0.1) is 0 Å². The van der Waals surface area contributed by atoms with E-state index in [2.05, 4.69) is 0 Å². The maximum absolute atomic E-state index is 13.2. The number of benzene rings is 2. The lowest BCUT2D eigenvalue weighted by molar-refractivity contribution is 0.472. The van der Waals surface area contributed by atoms with Gasteiger partial charge in [-0.3, -0.25) is 0 Å². The third kappa shape index (κ3) is 3.09. The smallest absolute Gasteiger partial charge is 0.133 e. The molecule has 0 aliphatic rings. The van der Waals surface area contributed by atoms with Crippen molar-refractivity contribution in [1.82, 2.24) is 0 Å². The van der Waals surface area contributed by atoms with Gasteiger partial charge in [-0.05, 0) is 49.2 Å².